The molecule has 2 aromatic heterocycles. The number of hydrogen-bond donors (Lipinski definition) is 1. The van der Waals surface area contributed by atoms with Crippen LogP contribution in [0.4, 0.5) is 5.69 Å². The van der Waals surface area contributed by atoms with Gasteiger partial charge in [0.05, 0.1) is 29.5 Å². The molecule has 0 fully saturated rings. The summed E-state index contributed by atoms with van der Waals surface area (Å²) in [6.07, 6.45) is 5.43. The number of hydrogen-bond acceptors (Lipinski definition) is 5. The van der Waals surface area contributed by atoms with Gasteiger partial charge in [-0.25, -0.2) is 4.98 Å². The molecule has 1 aliphatic carbocycles. The van der Waals surface area contributed by atoms with Crippen LogP contribution in [0, 0.1) is 0 Å². The van der Waals surface area contributed by atoms with Gasteiger partial charge in [-0.15, -0.1) is 0 Å². The van der Waals surface area contributed by atoms with Crippen LogP contribution in [0.1, 0.15) is 36.0 Å². The number of aromatic amines is 1. The van der Waals surface area contributed by atoms with Gasteiger partial charge in [0.2, 0.25) is 0 Å². The van der Waals surface area contributed by atoms with E-state index in [0.717, 1.165) is 49.3 Å². The summed E-state index contributed by atoms with van der Waals surface area (Å²) in [6, 6.07) is 11.0. The summed E-state index contributed by atoms with van der Waals surface area (Å²) in [5, 5.41) is 0. The van der Waals surface area contributed by atoms with Gasteiger partial charge in [0.25, 0.3) is 0 Å². The molecule has 1 atom stereocenters. The summed E-state index contributed by atoms with van der Waals surface area (Å²) in [7, 11) is 8.54. The number of likely N-dealkylation sites (N-methyl/N-ethyl adjacent to an activating group) is 2. The number of anilines is 1. The summed E-state index contributed by atoms with van der Waals surface area (Å²) in [4.78, 5) is 20.1. The molecule has 0 saturated carbocycles. The van der Waals surface area contributed by atoms with Gasteiger partial charge in [0.15, 0.2) is 0 Å². The van der Waals surface area contributed by atoms with E-state index in [1.807, 2.05) is 6.20 Å². The highest BCUT2D eigenvalue weighted by molar-refractivity contribution is 5.88. The third-order valence-corrected chi connectivity index (χ3v) is 5.93. The van der Waals surface area contributed by atoms with E-state index in [9.17, 15) is 0 Å². The number of fused-ring (bicyclic) bond motifs is 2. The molecule has 0 saturated heterocycles. The highest BCUT2D eigenvalue weighted by Gasteiger charge is 2.25. The number of imidazole rings is 1. The summed E-state index contributed by atoms with van der Waals surface area (Å²) in [5.74, 6) is 1.01. The summed E-state index contributed by atoms with van der Waals surface area (Å²) in [6.45, 7) is 2.77. The van der Waals surface area contributed by atoms with Crippen molar-refractivity contribution < 1.29 is 0 Å². The van der Waals surface area contributed by atoms with Crippen LogP contribution in [0.25, 0.3) is 11.0 Å². The van der Waals surface area contributed by atoms with Crippen LogP contribution in [0.3, 0.4) is 0 Å². The summed E-state index contributed by atoms with van der Waals surface area (Å²) >= 11 is 0. The second-order valence-electron chi connectivity index (χ2n) is 8.45. The number of aryl methyl sites for hydroxylation is 1. The van der Waals surface area contributed by atoms with Gasteiger partial charge in [0, 0.05) is 26.3 Å². The largest absolute Gasteiger partial charge is 0.372 e. The topological polar surface area (TPSA) is 51.3 Å². The van der Waals surface area contributed by atoms with Crippen molar-refractivity contribution in [1.29, 1.82) is 0 Å². The average molecular weight is 393 g/mol. The third kappa shape index (κ3) is 4.28. The number of para-hydroxylation sites is 1. The molecule has 0 spiro atoms. The Hall–Kier alpha value is -2.44. The van der Waals surface area contributed by atoms with Crippen molar-refractivity contribution in [1.82, 2.24) is 24.8 Å². The fourth-order valence-electron chi connectivity index (χ4n) is 4.28. The molecule has 2 heterocycles. The molecule has 154 valence electrons. The minimum atomic E-state index is 0.357. The average Bonchev–Trinajstić information content (AvgIpc) is 3.13. The monoisotopic (exact) mass is 392 g/mol. The molecule has 1 aromatic carbocycles. The van der Waals surface area contributed by atoms with Crippen LogP contribution in [0.5, 0.6) is 0 Å². The lowest BCUT2D eigenvalue weighted by molar-refractivity contribution is 0.204. The molecular weight excluding hydrogens is 360 g/mol. The Morgan fingerprint density at radius 1 is 1.07 bits per heavy atom. The van der Waals surface area contributed by atoms with Crippen LogP contribution in [0.2, 0.25) is 0 Å². The molecule has 6 nitrogen and oxygen atoms in total. The van der Waals surface area contributed by atoms with E-state index in [0.29, 0.717) is 6.04 Å². The lowest BCUT2D eigenvalue weighted by Crippen LogP contribution is -2.29. The molecule has 3 aromatic rings. The lowest BCUT2D eigenvalue weighted by Gasteiger charge is -2.31. The van der Waals surface area contributed by atoms with Crippen LogP contribution in [0.15, 0.2) is 36.5 Å². The maximum atomic E-state index is 4.98. The highest BCUT2D eigenvalue weighted by atomic mass is 15.2. The third-order valence-electron chi connectivity index (χ3n) is 5.93. The van der Waals surface area contributed by atoms with E-state index in [1.54, 1.807) is 0 Å². The van der Waals surface area contributed by atoms with E-state index >= 15 is 0 Å². The lowest BCUT2D eigenvalue weighted by atomic mass is 9.91. The number of aromatic nitrogens is 3. The molecule has 0 radical (unpaired) electrons. The first kappa shape index (κ1) is 19.9. The number of H-pyrrole nitrogens is 1. The first-order valence-electron chi connectivity index (χ1n) is 10.5. The first-order valence-corrected chi connectivity index (χ1v) is 10.5. The second kappa shape index (κ2) is 8.51. The molecule has 1 unspecified atom stereocenters. The van der Waals surface area contributed by atoms with Gasteiger partial charge < -0.3 is 14.8 Å². The SMILES string of the molecule is CN(C)CCN(C)c1cccc2[nH]c(CN(C)C3CCCc4cccnc43)nc12. The molecule has 0 aliphatic heterocycles. The fraction of sp³-hybridized carbons (Fsp3) is 0.478. The second-order valence-corrected chi connectivity index (χ2v) is 8.45. The van der Waals surface area contributed by atoms with Gasteiger partial charge in [-0.1, -0.05) is 12.1 Å². The van der Waals surface area contributed by atoms with Crippen molar-refractivity contribution in [2.24, 2.45) is 0 Å². The van der Waals surface area contributed by atoms with E-state index in [-0.39, 0.29) is 0 Å². The number of benzene rings is 1. The first-order chi connectivity index (χ1) is 14.0. The van der Waals surface area contributed by atoms with Gasteiger partial charge in [-0.2, -0.15) is 0 Å². The molecule has 1 aliphatic rings. The summed E-state index contributed by atoms with van der Waals surface area (Å²) < 4.78 is 0. The number of nitrogens with zero attached hydrogens (tertiary/aromatic N) is 5. The maximum Gasteiger partial charge on any atom is 0.121 e. The molecule has 1 N–H and O–H groups in total. The van der Waals surface area contributed by atoms with Crippen molar-refractivity contribution in [2.45, 2.75) is 31.8 Å². The van der Waals surface area contributed by atoms with E-state index < -0.39 is 0 Å². The minimum absolute atomic E-state index is 0.357. The molecule has 6 heteroatoms. The zero-order valence-corrected chi connectivity index (χ0v) is 18.0. The van der Waals surface area contributed by atoms with Gasteiger partial charge in [-0.3, -0.25) is 9.88 Å². The zero-order chi connectivity index (χ0) is 20.4. The highest BCUT2D eigenvalue weighted by Crippen LogP contribution is 2.33. The number of pyridine rings is 1. The molecule has 0 amide bonds. The maximum absolute atomic E-state index is 4.98. The van der Waals surface area contributed by atoms with Crippen molar-refractivity contribution >= 4 is 16.7 Å². The van der Waals surface area contributed by atoms with Gasteiger partial charge >= 0.3 is 0 Å². The van der Waals surface area contributed by atoms with Crippen LogP contribution in [-0.2, 0) is 13.0 Å². The van der Waals surface area contributed by atoms with Crippen molar-refractivity contribution in [3.63, 3.8) is 0 Å². The minimum Gasteiger partial charge on any atom is -0.372 e. The zero-order valence-electron chi connectivity index (χ0n) is 18.0. The Labute approximate surface area is 173 Å². The van der Waals surface area contributed by atoms with Crippen molar-refractivity contribution in [3.05, 3.63) is 53.6 Å². The summed E-state index contributed by atoms with van der Waals surface area (Å²) in [5.41, 5.74) is 5.97. The molecule has 4 rings (SSSR count). The standard InChI is InChI=1S/C23H32N6/c1-27(2)14-15-28(3)20-12-6-10-18-23(20)26-21(25-18)16-29(4)19-11-5-8-17-9-7-13-24-22(17)19/h6-7,9-10,12-13,19H,5,8,11,14-16H2,1-4H3,(H,25,26). The Balaban J connectivity index is 1.54. The predicted octanol–water partition coefficient (Wildman–Crippen LogP) is 3.47. The van der Waals surface area contributed by atoms with Gasteiger partial charge in [0.1, 0.15) is 11.3 Å². The quantitative estimate of drug-likeness (QED) is 0.667. The molecule has 29 heavy (non-hydrogen) atoms. The van der Waals surface area contributed by atoms with E-state index in [2.05, 4.69) is 78.2 Å². The van der Waals surface area contributed by atoms with E-state index in [1.165, 1.54) is 23.4 Å². The van der Waals surface area contributed by atoms with Crippen molar-refractivity contribution in [3.8, 4) is 0 Å². The Morgan fingerprint density at radius 2 is 1.93 bits per heavy atom. The Bertz CT molecular complexity index is 963. The smallest absolute Gasteiger partial charge is 0.121 e. The Kier molecular flexibility index (Phi) is 5.83. The number of nitrogens with one attached hydrogen (secondary N) is 1. The normalized spacial score (nSPS) is 16.6. The predicted molar refractivity (Wildman–Crippen MR) is 119 cm³/mol. The van der Waals surface area contributed by atoms with Crippen LogP contribution < -0.4 is 4.90 Å². The van der Waals surface area contributed by atoms with Gasteiger partial charge in [-0.05, 0) is 64.2 Å². The molecule has 0 bridgehead atoms. The van der Waals surface area contributed by atoms with Crippen molar-refractivity contribution in [2.75, 3.05) is 46.2 Å². The Morgan fingerprint density at radius 3 is 2.76 bits per heavy atom. The fourth-order valence-corrected chi connectivity index (χ4v) is 4.28. The van der Waals surface area contributed by atoms with E-state index in [4.69, 9.17) is 9.97 Å². The van der Waals surface area contributed by atoms with Crippen LogP contribution in [-0.4, -0.2) is 66.0 Å². The molecular formula is C23H32N6. The van der Waals surface area contributed by atoms with Crippen LogP contribution >= 0.6 is 0 Å². The number of rotatable bonds is 7.